The van der Waals surface area contributed by atoms with Crippen molar-refractivity contribution in [1.82, 2.24) is 0 Å². The molecule has 0 heterocycles. The molecule has 0 fully saturated rings. The second-order valence-corrected chi connectivity index (χ2v) is 4.03. The van der Waals surface area contributed by atoms with Crippen LogP contribution in [-0.2, 0) is 6.18 Å². The quantitative estimate of drug-likeness (QED) is 0.373. The Morgan fingerprint density at radius 2 is 1.95 bits per heavy atom. The van der Waals surface area contributed by atoms with Crippen LogP contribution in [0.25, 0.3) is 5.57 Å². The second-order valence-electron chi connectivity index (χ2n) is 4.03. The Hall–Kier alpha value is -2.04. The van der Waals surface area contributed by atoms with Crippen molar-refractivity contribution in [3.05, 3.63) is 53.6 Å². The second kappa shape index (κ2) is 5.73. The maximum Gasteiger partial charge on any atom is 0.417 e. The van der Waals surface area contributed by atoms with Crippen molar-refractivity contribution < 1.29 is 18.4 Å². The van der Waals surface area contributed by atoms with E-state index in [2.05, 4.69) is 11.7 Å². The normalized spacial score (nSPS) is 13.5. The minimum absolute atomic E-state index is 0.0851. The summed E-state index contributed by atoms with van der Waals surface area (Å²) >= 11 is 0. The molecule has 0 amide bonds. The number of oxime groups is 1. The van der Waals surface area contributed by atoms with E-state index in [4.69, 9.17) is 5.21 Å². The molecule has 1 N–H and O–H groups in total. The van der Waals surface area contributed by atoms with Crippen LogP contribution in [0.5, 0.6) is 0 Å². The van der Waals surface area contributed by atoms with Crippen molar-refractivity contribution >= 4 is 11.3 Å². The SMILES string of the molecule is C=C/C=C(\C)c1ccc(/C(C)=N/O)cc1C(F)(F)F. The molecule has 0 aromatic heterocycles. The fourth-order valence-corrected chi connectivity index (χ4v) is 1.67. The fourth-order valence-electron chi connectivity index (χ4n) is 1.67. The molecule has 0 unspecified atom stereocenters. The summed E-state index contributed by atoms with van der Waals surface area (Å²) in [5.41, 5.74) is 0.144. The number of benzene rings is 1. The summed E-state index contributed by atoms with van der Waals surface area (Å²) in [5.74, 6) is 0. The Bertz CT molecular complexity index is 542. The van der Waals surface area contributed by atoms with Gasteiger partial charge >= 0.3 is 6.18 Å². The van der Waals surface area contributed by atoms with E-state index in [1.54, 1.807) is 6.92 Å². The molecular weight excluding hydrogens is 255 g/mol. The van der Waals surface area contributed by atoms with E-state index in [-0.39, 0.29) is 16.8 Å². The first-order valence-electron chi connectivity index (χ1n) is 5.51. The first kappa shape index (κ1) is 15.0. The molecule has 1 aromatic carbocycles. The van der Waals surface area contributed by atoms with Gasteiger partial charge in [0.25, 0.3) is 0 Å². The lowest BCUT2D eigenvalue weighted by Crippen LogP contribution is -2.10. The van der Waals surface area contributed by atoms with Crippen molar-refractivity contribution in [2.45, 2.75) is 20.0 Å². The molecule has 0 saturated carbocycles. The maximum atomic E-state index is 13.0. The third kappa shape index (κ3) is 3.47. The van der Waals surface area contributed by atoms with Gasteiger partial charge in [0.2, 0.25) is 0 Å². The van der Waals surface area contributed by atoms with Gasteiger partial charge in [0.05, 0.1) is 11.3 Å². The van der Waals surface area contributed by atoms with Gasteiger partial charge in [0.15, 0.2) is 0 Å². The van der Waals surface area contributed by atoms with Gasteiger partial charge in [-0.25, -0.2) is 0 Å². The predicted octanol–water partition coefficient (Wildman–Crippen LogP) is 4.49. The number of halogens is 3. The van der Waals surface area contributed by atoms with E-state index in [1.807, 2.05) is 0 Å². The highest BCUT2D eigenvalue weighted by atomic mass is 19.4. The predicted molar refractivity (Wildman–Crippen MR) is 69.3 cm³/mol. The molecule has 0 bridgehead atoms. The molecule has 5 heteroatoms. The van der Waals surface area contributed by atoms with Crippen LogP contribution in [0.3, 0.4) is 0 Å². The Morgan fingerprint density at radius 3 is 2.42 bits per heavy atom. The summed E-state index contributed by atoms with van der Waals surface area (Å²) in [4.78, 5) is 0. The first-order valence-corrected chi connectivity index (χ1v) is 5.51. The monoisotopic (exact) mass is 269 g/mol. The van der Waals surface area contributed by atoms with Gasteiger partial charge in [-0.3, -0.25) is 0 Å². The highest BCUT2D eigenvalue weighted by Crippen LogP contribution is 2.35. The average Bonchev–Trinajstić information content (AvgIpc) is 2.36. The summed E-state index contributed by atoms with van der Waals surface area (Å²) in [6.07, 6.45) is -1.53. The average molecular weight is 269 g/mol. The number of hydrogen-bond donors (Lipinski definition) is 1. The van der Waals surface area contributed by atoms with Crippen LogP contribution >= 0.6 is 0 Å². The summed E-state index contributed by atoms with van der Waals surface area (Å²) in [6.45, 7) is 6.48. The van der Waals surface area contributed by atoms with E-state index in [0.29, 0.717) is 5.57 Å². The van der Waals surface area contributed by atoms with Crippen LogP contribution in [0, 0.1) is 0 Å². The molecule has 1 aromatic rings. The van der Waals surface area contributed by atoms with Gasteiger partial charge in [-0.2, -0.15) is 13.2 Å². The first-order chi connectivity index (χ1) is 8.81. The van der Waals surface area contributed by atoms with Crippen LogP contribution in [0.4, 0.5) is 13.2 Å². The zero-order valence-electron chi connectivity index (χ0n) is 10.6. The Morgan fingerprint density at radius 1 is 1.32 bits per heavy atom. The van der Waals surface area contributed by atoms with Gasteiger partial charge in [0.1, 0.15) is 0 Å². The van der Waals surface area contributed by atoms with E-state index in [0.717, 1.165) is 6.07 Å². The summed E-state index contributed by atoms with van der Waals surface area (Å²) < 4.78 is 39.1. The molecule has 0 saturated heterocycles. The van der Waals surface area contributed by atoms with E-state index in [9.17, 15) is 13.2 Å². The third-order valence-electron chi connectivity index (χ3n) is 2.69. The zero-order chi connectivity index (χ0) is 14.6. The summed E-state index contributed by atoms with van der Waals surface area (Å²) in [6, 6.07) is 3.83. The van der Waals surface area contributed by atoms with E-state index >= 15 is 0 Å². The molecule has 0 aliphatic heterocycles. The molecule has 0 radical (unpaired) electrons. The number of allylic oxidation sites excluding steroid dienone is 3. The van der Waals surface area contributed by atoms with Crippen LogP contribution in [0.15, 0.2) is 42.1 Å². The molecule has 0 aliphatic rings. The largest absolute Gasteiger partial charge is 0.417 e. The number of rotatable bonds is 3. The number of alkyl halides is 3. The van der Waals surface area contributed by atoms with E-state index < -0.39 is 11.7 Å². The smallest absolute Gasteiger partial charge is 0.411 e. The minimum Gasteiger partial charge on any atom is -0.411 e. The van der Waals surface area contributed by atoms with Gasteiger partial charge in [-0.05, 0) is 36.6 Å². The topological polar surface area (TPSA) is 32.6 Å². The highest BCUT2D eigenvalue weighted by Gasteiger charge is 2.34. The molecule has 102 valence electrons. The van der Waals surface area contributed by atoms with Crippen LogP contribution < -0.4 is 0 Å². The van der Waals surface area contributed by atoms with Gasteiger partial charge in [-0.15, -0.1) is 0 Å². The van der Waals surface area contributed by atoms with Gasteiger partial charge < -0.3 is 5.21 Å². The lowest BCUT2D eigenvalue weighted by molar-refractivity contribution is -0.137. The maximum absolute atomic E-state index is 13.0. The molecule has 2 nitrogen and oxygen atoms in total. The number of nitrogens with zero attached hydrogens (tertiary/aromatic N) is 1. The molecule has 0 spiro atoms. The summed E-state index contributed by atoms with van der Waals surface area (Å²) in [7, 11) is 0. The Balaban J connectivity index is 3.50. The van der Waals surface area contributed by atoms with Gasteiger partial charge in [-0.1, -0.05) is 36.0 Å². The van der Waals surface area contributed by atoms with Crippen molar-refractivity contribution in [1.29, 1.82) is 0 Å². The van der Waals surface area contributed by atoms with Crippen molar-refractivity contribution in [3.63, 3.8) is 0 Å². The van der Waals surface area contributed by atoms with Crippen molar-refractivity contribution in [3.8, 4) is 0 Å². The molecule has 0 aliphatic carbocycles. The molecule has 1 rings (SSSR count). The van der Waals surface area contributed by atoms with Crippen molar-refractivity contribution in [2.24, 2.45) is 5.16 Å². The lowest BCUT2D eigenvalue weighted by atomic mass is 9.96. The number of hydrogen-bond acceptors (Lipinski definition) is 2. The van der Waals surface area contributed by atoms with Crippen LogP contribution in [0.1, 0.15) is 30.5 Å². The molecular formula is C14H14F3NO. The Kier molecular flexibility index (Phi) is 4.53. The van der Waals surface area contributed by atoms with Crippen molar-refractivity contribution in [2.75, 3.05) is 0 Å². The van der Waals surface area contributed by atoms with E-state index in [1.165, 1.54) is 31.2 Å². The minimum atomic E-state index is -4.47. The highest BCUT2D eigenvalue weighted by molar-refractivity contribution is 5.98. The fraction of sp³-hybridized carbons (Fsp3) is 0.214. The van der Waals surface area contributed by atoms with Crippen LogP contribution in [-0.4, -0.2) is 10.9 Å². The Labute approximate surface area is 109 Å². The van der Waals surface area contributed by atoms with Gasteiger partial charge in [0, 0.05) is 0 Å². The molecule has 0 atom stereocenters. The lowest BCUT2D eigenvalue weighted by Gasteiger charge is -2.14. The summed E-state index contributed by atoms with van der Waals surface area (Å²) in [5, 5.41) is 11.5. The molecule has 19 heavy (non-hydrogen) atoms. The third-order valence-corrected chi connectivity index (χ3v) is 2.69. The van der Waals surface area contributed by atoms with Crippen LogP contribution in [0.2, 0.25) is 0 Å². The zero-order valence-corrected chi connectivity index (χ0v) is 10.6. The standard InChI is InChI=1S/C14H14F3NO/c1-4-5-9(2)12-7-6-11(10(3)18-19)8-13(12)14(15,16)17/h4-8,19H,1H2,2-3H3/b9-5+,18-10+.